The monoisotopic (exact) mass is 436 g/mol. The molecular formula is C24H40N2O5. The zero-order valence-electron chi connectivity index (χ0n) is 19.8. The fraction of sp³-hybridized carbons (Fsp3) is 0.625. The summed E-state index contributed by atoms with van der Waals surface area (Å²) in [4.78, 5) is 34.4. The van der Waals surface area contributed by atoms with E-state index in [0.717, 1.165) is 5.56 Å². The van der Waals surface area contributed by atoms with Gasteiger partial charge in [-0.3, -0.25) is 9.59 Å². The Balaban J connectivity index is 0.000000842. The molecule has 0 fully saturated rings. The molecule has 2 atom stereocenters. The van der Waals surface area contributed by atoms with Gasteiger partial charge in [0, 0.05) is 0 Å². The Kier molecular flexibility index (Phi) is 14.2. The first-order valence-corrected chi connectivity index (χ1v) is 10.9. The second-order valence-corrected chi connectivity index (χ2v) is 9.01. The number of aliphatic carboxylic acids is 1. The van der Waals surface area contributed by atoms with Gasteiger partial charge in [-0.1, -0.05) is 71.9 Å². The number of amides is 1. The van der Waals surface area contributed by atoms with Crippen LogP contribution in [0.15, 0.2) is 30.3 Å². The quantitative estimate of drug-likeness (QED) is 0.458. The highest BCUT2D eigenvalue weighted by Crippen LogP contribution is 2.09. The van der Waals surface area contributed by atoms with Crippen molar-refractivity contribution in [3.8, 4) is 0 Å². The molecule has 0 aliphatic carbocycles. The summed E-state index contributed by atoms with van der Waals surface area (Å²) in [5.41, 5.74) is 6.15. The van der Waals surface area contributed by atoms with Gasteiger partial charge in [0.25, 0.3) is 0 Å². The summed E-state index contributed by atoms with van der Waals surface area (Å²) in [5.74, 6) is -0.473. The molecule has 0 aliphatic heterocycles. The fourth-order valence-corrected chi connectivity index (χ4v) is 2.67. The van der Waals surface area contributed by atoms with Crippen LogP contribution in [-0.4, -0.2) is 41.6 Å². The third-order valence-corrected chi connectivity index (χ3v) is 4.14. The van der Waals surface area contributed by atoms with E-state index in [-0.39, 0.29) is 24.2 Å². The highest BCUT2D eigenvalue weighted by Gasteiger charge is 2.23. The Morgan fingerprint density at radius 3 is 1.90 bits per heavy atom. The number of hydrogen-bond acceptors (Lipinski definition) is 5. The van der Waals surface area contributed by atoms with E-state index in [1.54, 1.807) is 0 Å². The number of carbonyl (C=O) groups excluding carboxylic acids is 2. The van der Waals surface area contributed by atoms with Crippen LogP contribution in [0.5, 0.6) is 0 Å². The summed E-state index contributed by atoms with van der Waals surface area (Å²) in [7, 11) is 0. The van der Waals surface area contributed by atoms with Crippen LogP contribution in [0.1, 0.15) is 59.9 Å². The van der Waals surface area contributed by atoms with Crippen LogP contribution in [0.3, 0.4) is 0 Å². The molecule has 0 aliphatic rings. The van der Waals surface area contributed by atoms with Crippen LogP contribution in [-0.2, 0) is 25.5 Å². The van der Waals surface area contributed by atoms with Crippen LogP contribution >= 0.6 is 0 Å². The number of carboxylic acids is 1. The van der Waals surface area contributed by atoms with E-state index in [2.05, 4.69) is 5.32 Å². The molecule has 1 rings (SSSR count). The van der Waals surface area contributed by atoms with Gasteiger partial charge in [-0.15, -0.1) is 0 Å². The van der Waals surface area contributed by atoms with Crippen molar-refractivity contribution in [2.45, 2.75) is 72.9 Å². The summed E-state index contributed by atoms with van der Waals surface area (Å²) < 4.78 is 5.26. The Bertz CT molecular complexity index is 659. The van der Waals surface area contributed by atoms with Gasteiger partial charge in [-0.2, -0.15) is 0 Å². The minimum absolute atomic E-state index is 0.154. The molecule has 0 unspecified atom stereocenters. The van der Waals surface area contributed by atoms with Crippen molar-refractivity contribution in [3.63, 3.8) is 0 Å². The normalized spacial score (nSPS) is 12.7. The van der Waals surface area contributed by atoms with E-state index in [1.165, 1.54) is 0 Å². The van der Waals surface area contributed by atoms with Crippen molar-refractivity contribution >= 4 is 17.8 Å². The molecule has 0 heterocycles. The average molecular weight is 437 g/mol. The predicted molar refractivity (Wildman–Crippen MR) is 122 cm³/mol. The predicted octanol–water partition coefficient (Wildman–Crippen LogP) is 3.40. The zero-order chi connectivity index (χ0) is 24.0. The molecule has 176 valence electrons. The van der Waals surface area contributed by atoms with Gasteiger partial charge in [0.2, 0.25) is 5.91 Å². The molecule has 4 N–H and O–H groups in total. The van der Waals surface area contributed by atoms with Crippen LogP contribution in [0.2, 0.25) is 0 Å². The lowest BCUT2D eigenvalue weighted by atomic mass is 10.0. The molecule has 7 heteroatoms. The average Bonchev–Trinajstić information content (AvgIpc) is 2.65. The maximum Gasteiger partial charge on any atom is 0.328 e. The molecule has 1 amide bonds. The topological polar surface area (TPSA) is 119 Å². The molecule has 0 aromatic heterocycles. The number of carboxylic acid groups (broad SMARTS) is 1. The summed E-state index contributed by atoms with van der Waals surface area (Å²) in [5, 5.41) is 11.1. The van der Waals surface area contributed by atoms with Crippen molar-refractivity contribution in [1.29, 1.82) is 0 Å². The Labute approximate surface area is 186 Å². The van der Waals surface area contributed by atoms with Crippen LogP contribution < -0.4 is 11.1 Å². The van der Waals surface area contributed by atoms with Crippen molar-refractivity contribution in [2.24, 2.45) is 23.5 Å². The lowest BCUT2D eigenvalue weighted by Gasteiger charge is -2.20. The number of nitrogens with two attached hydrogens (primary N) is 1. The standard InChI is InChI=1S/C18H27NO3.C6H13NO2/c1-13(2)10-16(18(21)22-12-14(3)4)19-17(20)11-15-8-6-5-7-9-15;1-4(2)3-5(7)6(8)9/h5-9,13-14,16H,10-12H2,1-4H3,(H,19,20);4-5H,3,7H2,1-2H3,(H,8,9)/t16-;5-/m00/s1. The maximum atomic E-state index is 12.1. The van der Waals surface area contributed by atoms with E-state index in [9.17, 15) is 14.4 Å². The van der Waals surface area contributed by atoms with E-state index in [1.807, 2.05) is 71.9 Å². The number of hydrogen-bond donors (Lipinski definition) is 3. The number of esters is 1. The second kappa shape index (κ2) is 15.4. The van der Waals surface area contributed by atoms with Crippen LogP contribution in [0, 0.1) is 17.8 Å². The number of nitrogens with one attached hydrogen (secondary N) is 1. The van der Waals surface area contributed by atoms with Gasteiger partial charge in [-0.25, -0.2) is 4.79 Å². The molecule has 0 saturated carbocycles. The summed E-state index contributed by atoms with van der Waals surface area (Å²) in [6.07, 6.45) is 1.40. The second-order valence-electron chi connectivity index (χ2n) is 9.01. The van der Waals surface area contributed by atoms with Crippen molar-refractivity contribution in [3.05, 3.63) is 35.9 Å². The van der Waals surface area contributed by atoms with E-state index >= 15 is 0 Å². The van der Waals surface area contributed by atoms with Gasteiger partial charge in [0.1, 0.15) is 12.1 Å². The summed E-state index contributed by atoms with van der Waals surface area (Å²) in [6.45, 7) is 12.3. The first-order valence-electron chi connectivity index (χ1n) is 10.9. The number of benzene rings is 1. The van der Waals surface area contributed by atoms with E-state index in [4.69, 9.17) is 15.6 Å². The summed E-state index contributed by atoms with van der Waals surface area (Å²) >= 11 is 0. The lowest BCUT2D eigenvalue weighted by Crippen LogP contribution is -2.43. The number of rotatable bonds is 11. The van der Waals surface area contributed by atoms with Gasteiger partial charge >= 0.3 is 11.9 Å². The largest absolute Gasteiger partial charge is 0.480 e. The third kappa shape index (κ3) is 15.1. The van der Waals surface area contributed by atoms with E-state index in [0.29, 0.717) is 31.3 Å². The molecular weight excluding hydrogens is 396 g/mol. The van der Waals surface area contributed by atoms with Gasteiger partial charge in [-0.05, 0) is 36.2 Å². The molecule has 31 heavy (non-hydrogen) atoms. The Morgan fingerprint density at radius 2 is 1.48 bits per heavy atom. The fourth-order valence-electron chi connectivity index (χ4n) is 2.67. The lowest BCUT2D eigenvalue weighted by molar-refractivity contribution is -0.149. The molecule has 1 aromatic carbocycles. The zero-order valence-corrected chi connectivity index (χ0v) is 19.8. The van der Waals surface area contributed by atoms with Gasteiger partial charge in [0.05, 0.1) is 13.0 Å². The van der Waals surface area contributed by atoms with Gasteiger partial charge in [0.15, 0.2) is 0 Å². The molecule has 7 nitrogen and oxygen atoms in total. The number of carbonyl (C=O) groups is 3. The first kappa shape index (κ1) is 28.6. The third-order valence-electron chi connectivity index (χ3n) is 4.14. The maximum absolute atomic E-state index is 12.1. The van der Waals surface area contributed by atoms with Crippen molar-refractivity contribution < 1.29 is 24.2 Å². The number of ether oxygens (including phenoxy) is 1. The minimum Gasteiger partial charge on any atom is -0.480 e. The van der Waals surface area contributed by atoms with Crippen molar-refractivity contribution in [1.82, 2.24) is 5.32 Å². The smallest absolute Gasteiger partial charge is 0.328 e. The SMILES string of the molecule is CC(C)COC(=O)[C@H](CC(C)C)NC(=O)Cc1ccccc1.CC(C)C[C@H](N)C(=O)O. The van der Waals surface area contributed by atoms with E-state index < -0.39 is 18.1 Å². The molecule has 0 radical (unpaired) electrons. The highest BCUT2D eigenvalue weighted by atomic mass is 16.5. The Hall–Kier alpha value is -2.41. The summed E-state index contributed by atoms with van der Waals surface area (Å²) in [6, 6.07) is 8.23. The Morgan fingerprint density at radius 1 is 0.935 bits per heavy atom. The van der Waals surface area contributed by atoms with Crippen LogP contribution in [0.25, 0.3) is 0 Å². The highest BCUT2D eigenvalue weighted by molar-refractivity contribution is 5.85. The molecule has 0 bridgehead atoms. The minimum atomic E-state index is -0.913. The molecule has 0 spiro atoms. The molecule has 1 aromatic rings. The molecule has 0 saturated heterocycles. The van der Waals surface area contributed by atoms with Crippen molar-refractivity contribution in [2.75, 3.05) is 6.61 Å². The van der Waals surface area contributed by atoms with Gasteiger partial charge < -0.3 is 20.9 Å². The first-order chi connectivity index (χ1) is 14.4. The van der Waals surface area contributed by atoms with Crippen LogP contribution in [0.4, 0.5) is 0 Å².